The molecule has 146 valence electrons. The number of aromatic carboxylic acids is 1. The van der Waals surface area contributed by atoms with Crippen LogP contribution in [0.15, 0.2) is 23.1 Å². The van der Waals surface area contributed by atoms with E-state index in [1.165, 1.54) is 6.20 Å². The fourth-order valence-corrected chi connectivity index (χ4v) is 3.65. The summed E-state index contributed by atoms with van der Waals surface area (Å²) in [6.45, 7) is 0.906. The number of anilines is 1. The summed E-state index contributed by atoms with van der Waals surface area (Å²) in [5, 5.41) is 9.38. The van der Waals surface area contributed by atoms with Crippen LogP contribution < -0.4 is 16.1 Å². The zero-order valence-corrected chi connectivity index (χ0v) is 15.5. The third-order valence-electron chi connectivity index (χ3n) is 5.22. The highest BCUT2D eigenvalue weighted by Crippen LogP contribution is 2.38. The number of halogens is 2. The first-order valence-corrected chi connectivity index (χ1v) is 8.55. The Kier molecular flexibility index (Phi) is 5.16. The van der Waals surface area contributed by atoms with Gasteiger partial charge in [-0.25, -0.2) is 9.18 Å². The van der Waals surface area contributed by atoms with E-state index in [1.54, 1.807) is 22.6 Å². The molecule has 9 heteroatoms. The maximum absolute atomic E-state index is 14.8. The molecule has 2 unspecified atom stereocenters. The smallest absolute Gasteiger partial charge is 0.341 e. The van der Waals surface area contributed by atoms with Crippen molar-refractivity contribution < 1.29 is 19.0 Å². The van der Waals surface area contributed by atoms with Gasteiger partial charge in [0.25, 0.3) is 0 Å². The number of pyridine rings is 1. The van der Waals surface area contributed by atoms with Gasteiger partial charge in [0.15, 0.2) is 0 Å². The van der Waals surface area contributed by atoms with Gasteiger partial charge in [0.2, 0.25) is 5.43 Å². The summed E-state index contributed by atoms with van der Waals surface area (Å²) < 4.78 is 21.9. The molecule has 2 aliphatic rings. The van der Waals surface area contributed by atoms with Crippen molar-refractivity contribution in [3.63, 3.8) is 0 Å². The molecule has 2 aromatic rings. The Morgan fingerprint density at radius 3 is 2.59 bits per heavy atom. The quantitative estimate of drug-likeness (QED) is 0.815. The molecule has 7 nitrogen and oxygen atoms in total. The van der Waals surface area contributed by atoms with Crippen LogP contribution >= 0.6 is 12.4 Å². The summed E-state index contributed by atoms with van der Waals surface area (Å²) in [6, 6.07) is 2.68. The first-order valence-electron chi connectivity index (χ1n) is 8.55. The molecule has 1 aromatic heterocycles. The lowest BCUT2D eigenvalue weighted by molar-refractivity contribution is 0.0695. The van der Waals surface area contributed by atoms with Crippen molar-refractivity contribution in [1.82, 2.24) is 4.57 Å². The molecule has 1 aliphatic heterocycles. The third kappa shape index (κ3) is 3.28. The molecule has 4 rings (SSSR count). The maximum Gasteiger partial charge on any atom is 0.341 e. The molecule has 0 bridgehead atoms. The van der Waals surface area contributed by atoms with E-state index < -0.39 is 17.2 Å². The lowest BCUT2D eigenvalue weighted by Crippen LogP contribution is -2.34. The zero-order chi connectivity index (χ0) is 18.6. The average Bonchev–Trinajstić information content (AvgIpc) is 3.37. The number of rotatable bonds is 4. The van der Waals surface area contributed by atoms with Gasteiger partial charge >= 0.3 is 5.97 Å². The molecule has 0 spiro atoms. The SMILES string of the molecule is COC1CN(c2cc3c(cc2F)c(=O)c(C(=O)O)cn3C2CC2)CC1N.Cl. The molecular weight excluding hydrogens is 377 g/mol. The van der Waals surface area contributed by atoms with Crippen molar-refractivity contribution in [2.45, 2.75) is 31.0 Å². The molecule has 27 heavy (non-hydrogen) atoms. The molecule has 3 N–H and O–H groups in total. The van der Waals surface area contributed by atoms with E-state index in [1.807, 2.05) is 0 Å². The highest BCUT2D eigenvalue weighted by molar-refractivity contribution is 5.93. The summed E-state index contributed by atoms with van der Waals surface area (Å²) in [6.07, 6.45) is 3.00. The summed E-state index contributed by atoms with van der Waals surface area (Å²) >= 11 is 0. The van der Waals surface area contributed by atoms with Gasteiger partial charge in [-0.1, -0.05) is 0 Å². The fraction of sp³-hybridized carbons (Fsp3) is 0.444. The molecule has 1 aliphatic carbocycles. The molecule has 1 saturated carbocycles. The maximum atomic E-state index is 14.8. The second-order valence-electron chi connectivity index (χ2n) is 6.98. The molecule has 2 atom stereocenters. The standard InChI is InChI=1S/C18H20FN3O4.ClH/c1-26-16-8-21(7-13(16)20)15-5-14-10(4-12(15)19)17(23)11(18(24)25)6-22(14)9-2-3-9;/h4-6,9,13,16H,2-3,7-8,20H2,1H3,(H,24,25);1H. The van der Waals surface area contributed by atoms with Crippen molar-refractivity contribution >= 4 is 35.0 Å². The van der Waals surface area contributed by atoms with Gasteiger partial charge < -0.3 is 25.0 Å². The van der Waals surface area contributed by atoms with Gasteiger partial charge in [-0.3, -0.25) is 4.79 Å². The molecule has 1 aromatic carbocycles. The minimum Gasteiger partial charge on any atom is -0.477 e. The van der Waals surface area contributed by atoms with Crippen LogP contribution in [0, 0.1) is 5.82 Å². The molecule has 0 radical (unpaired) electrons. The Morgan fingerprint density at radius 2 is 2.04 bits per heavy atom. The number of nitrogens with zero attached hydrogens (tertiary/aromatic N) is 2. The lowest BCUT2D eigenvalue weighted by Gasteiger charge is -2.21. The van der Waals surface area contributed by atoms with Crippen LogP contribution in [0.25, 0.3) is 10.9 Å². The number of aromatic nitrogens is 1. The number of hydrogen-bond donors (Lipinski definition) is 2. The number of carbonyl (C=O) groups is 1. The second kappa shape index (κ2) is 7.10. The van der Waals surface area contributed by atoms with Gasteiger partial charge in [0, 0.05) is 37.8 Å². The number of ether oxygens (including phenoxy) is 1. The number of hydrogen-bond acceptors (Lipinski definition) is 5. The molecule has 1 saturated heterocycles. The second-order valence-corrected chi connectivity index (χ2v) is 6.98. The lowest BCUT2D eigenvalue weighted by atomic mass is 10.1. The van der Waals surface area contributed by atoms with E-state index in [0.29, 0.717) is 24.3 Å². The number of carboxylic acids is 1. The number of methoxy groups -OCH3 is 1. The van der Waals surface area contributed by atoms with Crippen LogP contribution in [-0.4, -0.2) is 48.0 Å². The van der Waals surface area contributed by atoms with Gasteiger partial charge in [0.1, 0.15) is 11.4 Å². The minimum atomic E-state index is -1.30. The summed E-state index contributed by atoms with van der Waals surface area (Å²) in [5.41, 5.74) is 5.94. The highest BCUT2D eigenvalue weighted by Gasteiger charge is 2.33. The van der Waals surface area contributed by atoms with Crippen molar-refractivity contribution in [2.24, 2.45) is 5.73 Å². The van der Waals surface area contributed by atoms with Gasteiger partial charge in [-0.2, -0.15) is 0 Å². The van der Waals surface area contributed by atoms with Crippen molar-refractivity contribution in [3.8, 4) is 0 Å². The number of carboxylic acid groups (broad SMARTS) is 1. The van der Waals surface area contributed by atoms with Crippen LogP contribution in [0.2, 0.25) is 0 Å². The largest absolute Gasteiger partial charge is 0.477 e. The van der Waals surface area contributed by atoms with E-state index in [4.69, 9.17) is 10.5 Å². The third-order valence-corrected chi connectivity index (χ3v) is 5.22. The summed E-state index contributed by atoms with van der Waals surface area (Å²) in [7, 11) is 1.57. The van der Waals surface area contributed by atoms with Crippen LogP contribution in [-0.2, 0) is 4.74 Å². The Labute approximate surface area is 160 Å². The van der Waals surface area contributed by atoms with E-state index >= 15 is 0 Å². The van der Waals surface area contributed by atoms with E-state index in [2.05, 4.69) is 0 Å². The van der Waals surface area contributed by atoms with E-state index in [9.17, 15) is 19.1 Å². The first kappa shape index (κ1) is 19.6. The van der Waals surface area contributed by atoms with Gasteiger partial charge in [-0.05, 0) is 25.0 Å². The Hall–Kier alpha value is -2.16. The Balaban J connectivity index is 0.00000210. The van der Waals surface area contributed by atoms with E-state index in [-0.39, 0.29) is 41.5 Å². The van der Waals surface area contributed by atoms with Crippen molar-refractivity contribution in [3.05, 3.63) is 39.9 Å². The van der Waals surface area contributed by atoms with Crippen LogP contribution in [0.4, 0.5) is 10.1 Å². The summed E-state index contributed by atoms with van der Waals surface area (Å²) in [4.78, 5) is 25.7. The van der Waals surface area contributed by atoms with Crippen molar-refractivity contribution in [2.75, 3.05) is 25.1 Å². The zero-order valence-electron chi connectivity index (χ0n) is 14.7. The van der Waals surface area contributed by atoms with Gasteiger partial charge in [0.05, 0.1) is 23.3 Å². The number of benzene rings is 1. The van der Waals surface area contributed by atoms with Crippen LogP contribution in [0.1, 0.15) is 29.2 Å². The topological polar surface area (TPSA) is 97.8 Å². The minimum absolute atomic E-state index is 0. The Morgan fingerprint density at radius 1 is 1.33 bits per heavy atom. The fourth-order valence-electron chi connectivity index (χ4n) is 3.65. The normalized spacial score (nSPS) is 22.1. The highest BCUT2D eigenvalue weighted by atomic mass is 35.5. The average molecular weight is 398 g/mol. The van der Waals surface area contributed by atoms with Crippen LogP contribution in [0.5, 0.6) is 0 Å². The monoisotopic (exact) mass is 397 g/mol. The Bertz CT molecular complexity index is 960. The molecule has 2 fully saturated rings. The molecule has 0 amide bonds. The predicted molar refractivity (Wildman–Crippen MR) is 102 cm³/mol. The summed E-state index contributed by atoms with van der Waals surface area (Å²) in [5.74, 6) is -1.87. The number of nitrogens with two attached hydrogens (primary N) is 1. The molecular formula is C18H21ClFN3O4. The van der Waals surface area contributed by atoms with E-state index in [0.717, 1.165) is 18.9 Å². The van der Waals surface area contributed by atoms with Crippen molar-refractivity contribution in [1.29, 1.82) is 0 Å². The number of fused-ring (bicyclic) bond motifs is 1. The van der Waals surface area contributed by atoms with Crippen LogP contribution in [0.3, 0.4) is 0 Å². The van der Waals surface area contributed by atoms with Gasteiger partial charge in [-0.15, -0.1) is 12.4 Å². The molecule has 2 heterocycles. The first-order chi connectivity index (χ1) is 12.4. The predicted octanol–water partition coefficient (Wildman–Crippen LogP) is 1.76.